The van der Waals surface area contributed by atoms with Crippen LogP contribution in [0, 0.1) is 0 Å². The summed E-state index contributed by atoms with van der Waals surface area (Å²) in [6.45, 7) is 2.71. The molecule has 0 radical (unpaired) electrons. The van der Waals surface area contributed by atoms with Crippen LogP contribution in [0.2, 0.25) is 0 Å². The molecule has 2 heterocycles. The summed E-state index contributed by atoms with van der Waals surface area (Å²) in [5, 5.41) is 0. The first kappa shape index (κ1) is 18.5. The molecular formula is C20H21N3O4S. The molecule has 146 valence electrons. The molecule has 2 amide bonds. The Morgan fingerprint density at radius 3 is 2.61 bits per heavy atom. The summed E-state index contributed by atoms with van der Waals surface area (Å²) in [5.74, 6) is -0.00517. The van der Waals surface area contributed by atoms with Crippen molar-refractivity contribution < 1.29 is 18.0 Å². The number of hydrogen-bond donors (Lipinski definition) is 1. The van der Waals surface area contributed by atoms with Crippen molar-refractivity contribution >= 4 is 38.9 Å². The fourth-order valence-electron chi connectivity index (χ4n) is 3.74. The Hall–Kier alpha value is -2.87. The zero-order valence-electron chi connectivity index (χ0n) is 15.5. The molecule has 2 aromatic carbocycles. The van der Waals surface area contributed by atoms with Crippen LogP contribution >= 0.6 is 0 Å². The van der Waals surface area contributed by atoms with Crippen LogP contribution in [-0.2, 0) is 26.0 Å². The monoisotopic (exact) mass is 399 g/mol. The number of hydrogen-bond acceptors (Lipinski definition) is 4. The van der Waals surface area contributed by atoms with E-state index in [-0.39, 0.29) is 16.7 Å². The van der Waals surface area contributed by atoms with Crippen LogP contribution < -0.4 is 14.5 Å². The van der Waals surface area contributed by atoms with E-state index in [0.29, 0.717) is 37.3 Å². The van der Waals surface area contributed by atoms with E-state index in [9.17, 15) is 18.0 Å². The molecule has 8 heteroatoms. The van der Waals surface area contributed by atoms with Crippen LogP contribution in [0.5, 0.6) is 0 Å². The highest BCUT2D eigenvalue weighted by Gasteiger charge is 2.25. The third kappa shape index (κ3) is 3.35. The molecule has 1 N–H and O–H groups in total. The van der Waals surface area contributed by atoms with Crippen molar-refractivity contribution in [1.82, 2.24) is 0 Å². The summed E-state index contributed by atoms with van der Waals surface area (Å²) in [7, 11) is -3.78. The highest BCUT2D eigenvalue weighted by molar-refractivity contribution is 7.92. The van der Waals surface area contributed by atoms with Gasteiger partial charge in [-0.2, -0.15) is 0 Å². The van der Waals surface area contributed by atoms with Gasteiger partial charge < -0.3 is 9.80 Å². The fourth-order valence-corrected chi connectivity index (χ4v) is 4.84. The summed E-state index contributed by atoms with van der Waals surface area (Å²) in [5.41, 5.74) is 2.70. The SMILES string of the molecule is CC(=O)N1CCc2cc(S(=O)(=O)Nc3cccc(N4CCCC4=O)c3)ccc21. The quantitative estimate of drug-likeness (QED) is 0.856. The number of carbonyl (C=O) groups is 2. The van der Waals surface area contributed by atoms with Gasteiger partial charge in [0.15, 0.2) is 0 Å². The lowest BCUT2D eigenvalue weighted by Gasteiger charge is -2.17. The zero-order valence-corrected chi connectivity index (χ0v) is 16.3. The molecule has 1 saturated heterocycles. The molecule has 0 unspecified atom stereocenters. The second-order valence-electron chi connectivity index (χ2n) is 7.02. The van der Waals surface area contributed by atoms with Gasteiger partial charge in [-0.1, -0.05) is 6.07 Å². The Morgan fingerprint density at radius 2 is 1.89 bits per heavy atom. The van der Waals surface area contributed by atoms with Crippen molar-refractivity contribution in [2.75, 3.05) is 27.6 Å². The molecule has 28 heavy (non-hydrogen) atoms. The molecule has 2 aliphatic rings. The standard InChI is InChI=1S/C20H21N3O4S/c1-14(24)22-11-9-15-12-18(7-8-19(15)22)28(26,27)21-16-4-2-5-17(13-16)23-10-3-6-20(23)25/h2,4-5,7-8,12-13,21H,3,6,9-11H2,1H3. The number of benzene rings is 2. The van der Waals surface area contributed by atoms with Crippen LogP contribution in [0.3, 0.4) is 0 Å². The average molecular weight is 399 g/mol. The highest BCUT2D eigenvalue weighted by Crippen LogP contribution is 2.31. The Kier molecular flexibility index (Phi) is 4.58. The first-order chi connectivity index (χ1) is 13.3. The second-order valence-corrected chi connectivity index (χ2v) is 8.70. The number of fused-ring (bicyclic) bond motifs is 1. The molecule has 4 rings (SSSR count). The van der Waals surface area contributed by atoms with Gasteiger partial charge in [-0.25, -0.2) is 8.42 Å². The van der Waals surface area contributed by atoms with Crippen molar-refractivity contribution in [3.05, 3.63) is 48.0 Å². The normalized spacial score (nSPS) is 16.4. The topological polar surface area (TPSA) is 86.8 Å². The number of amides is 2. The Morgan fingerprint density at radius 1 is 1.07 bits per heavy atom. The number of sulfonamides is 1. The van der Waals surface area contributed by atoms with E-state index in [2.05, 4.69) is 4.72 Å². The van der Waals surface area contributed by atoms with E-state index in [0.717, 1.165) is 17.7 Å². The minimum Gasteiger partial charge on any atom is -0.312 e. The molecule has 0 atom stereocenters. The van der Waals surface area contributed by atoms with Crippen molar-refractivity contribution in [3.8, 4) is 0 Å². The number of nitrogens with one attached hydrogen (secondary N) is 1. The predicted octanol–water partition coefficient (Wildman–Crippen LogP) is 2.52. The van der Waals surface area contributed by atoms with Gasteiger partial charge in [0.2, 0.25) is 11.8 Å². The van der Waals surface area contributed by atoms with E-state index >= 15 is 0 Å². The molecule has 0 saturated carbocycles. The Balaban J connectivity index is 1.59. The summed E-state index contributed by atoms with van der Waals surface area (Å²) < 4.78 is 28.3. The lowest BCUT2D eigenvalue weighted by molar-refractivity contribution is -0.117. The molecule has 2 aliphatic heterocycles. The average Bonchev–Trinajstić information content (AvgIpc) is 3.27. The van der Waals surface area contributed by atoms with Crippen molar-refractivity contribution in [2.45, 2.75) is 31.1 Å². The third-order valence-electron chi connectivity index (χ3n) is 5.12. The van der Waals surface area contributed by atoms with Gasteiger partial charge >= 0.3 is 0 Å². The van der Waals surface area contributed by atoms with Gasteiger partial charge in [-0.05, 0) is 54.8 Å². The first-order valence-corrected chi connectivity index (χ1v) is 10.7. The van der Waals surface area contributed by atoms with E-state index in [1.54, 1.807) is 46.2 Å². The highest BCUT2D eigenvalue weighted by atomic mass is 32.2. The summed E-state index contributed by atoms with van der Waals surface area (Å²) >= 11 is 0. The number of carbonyl (C=O) groups excluding carboxylic acids is 2. The van der Waals surface area contributed by atoms with Crippen LogP contribution in [0.25, 0.3) is 0 Å². The molecule has 0 bridgehead atoms. The Labute approximate surface area is 164 Å². The first-order valence-electron chi connectivity index (χ1n) is 9.19. The molecule has 2 aromatic rings. The number of anilines is 3. The lowest BCUT2D eigenvalue weighted by atomic mass is 10.2. The second kappa shape index (κ2) is 6.94. The van der Waals surface area contributed by atoms with E-state index in [1.165, 1.54) is 13.0 Å². The molecule has 1 fully saturated rings. The smallest absolute Gasteiger partial charge is 0.261 e. The summed E-state index contributed by atoms with van der Waals surface area (Å²) in [6, 6.07) is 11.7. The maximum Gasteiger partial charge on any atom is 0.261 e. The number of nitrogens with zero attached hydrogens (tertiary/aromatic N) is 2. The van der Waals surface area contributed by atoms with Crippen LogP contribution in [0.4, 0.5) is 17.1 Å². The molecule has 0 aromatic heterocycles. The van der Waals surface area contributed by atoms with Gasteiger partial charge in [0, 0.05) is 37.8 Å². The van der Waals surface area contributed by atoms with Gasteiger partial charge in [-0.3, -0.25) is 14.3 Å². The molecule has 0 spiro atoms. The van der Waals surface area contributed by atoms with Crippen LogP contribution in [0.1, 0.15) is 25.3 Å². The molecular weight excluding hydrogens is 378 g/mol. The molecule has 0 aliphatic carbocycles. The van der Waals surface area contributed by atoms with Crippen LogP contribution in [0.15, 0.2) is 47.4 Å². The van der Waals surface area contributed by atoms with Gasteiger partial charge in [0.25, 0.3) is 10.0 Å². The zero-order chi connectivity index (χ0) is 19.9. The maximum absolute atomic E-state index is 12.8. The van der Waals surface area contributed by atoms with Gasteiger partial charge in [0.1, 0.15) is 0 Å². The van der Waals surface area contributed by atoms with Crippen molar-refractivity contribution in [2.24, 2.45) is 0 Å². The van der Waals surface area contributed by atoms with Crippen molar-refractivity contribution in [1.29, 1.82) is 0 Å². The summed E-state index contributed by atoms with van der Waals surface area (Å²) in [6.07, 6.45) is 1.95. The number of rotatable bonds is 4. The van der Waals surface area contributed by atoms with E-state index in [1.807, 2.05) is 0 Å². The van der Waals surface area contributed by atoms with Gasteiger partial charge in [-0.15, -0.1) is 0 Å². The lowest BCUT2D eigenvalue weighted by Crippen LogP contribution is -2.25. The Bertz CT molecular complexity index is 1060. The molecule has 7 nitrogen and oxygen atoms in total. The maximum atomic E-state index is 12.8. The fraction of sp³-hybridized carbons (Fsp3) is 0.300. The largest absolute Gasteiger partial charge is 0.312 e. The minimum atomic E-state index is -3.78. The van der Waals surface area contributed by atoms with E-state index in [4.69, 9.17) is 0 Å². The summed E-state index contributed by atoms with van der Waals surface area (Å²) in [4.78, 5) is 27.1. The minimum absolute atomic E-state index is 0.0497. The third-order valence-corrected chi connectivity index (χ3v) is 6.50. The predicted molar refractivity (Wildman–Crippen MR) is 107 cm³/mol. The van der Waals surface area contributed by atoms with Crippen molar-refractivity contribution in [3.63, 3.8) is 0 Å². The van der Waals surface area contributed by atoms with Gasteiger partial charge in [0.05, 0.1) is 10.6 Å². The van der Waals surface area contributed by atoms with E-state index < -0.39 is 10.0 Å². The van der Waals surface area contributed by atoms with Crippen LogP contribution in [-0.4, -0.2) is 33.3 Å².